The first-order valence-corrected chi connectivity index (χ1v) is 7.84. The highest BCUT2D eigenvalue weighted by molar-refractivity contribution is 5.05. The lowest BCUT2D eigenvalue weighted by atomic mass is 10.0. The van der Waals surface area contributed by atoms with E-state index in [1.165, 1.54) is 25.0 Å². The zero-order valence-electron chi connectivity index (χ0n) is 14.5. The van der Waals surface area contributed by atoms with E-state index in [1.807, 2.05) is 0 Å². The molecule has 4 atom stereocenters. The second-order valence-corrected chi connectivity index (χ2v) is 5.76. The topological polar surface area (TPSA) is 112 Å². The van der Waals surface area contributed by atoms with E-state index in [2.05, 4.69) is 11.6 Å². The van der Waals surface area contributed by atoms with Crippen molar-refractivity contribution in [2.24, 2.45) is 0 Å². The number of nitrogens with zero attached hydrogens (tertiary/aromatic N) is 1. The number of ether oxygens (including phenoxy) is 4. The van der Waals surface area contributed by atoms with Crippen molar-refractivity contribution in [3.63, 3.8) is 0 Å². The zero-order chi connectivity index (χ0) is 18.6. The third-order valence-corrected chi connectivity index (χ3v) is 4.12. The molecular formula is C16H24N2O7. The Morgan fingerprint density at radius 3 is 2.72 bits per heavy atom. The highest BCUT2D eigenvalue weighted by Gasteiger charge is 2.49. The Balaban J connectivity index is 2.39. The van der Waals surface area contributed by atoms with Crippen molar-refractivity contribution in [2.45, 2.75) is 37.6 Å². The summed E-state index contributed by atoms with van der Waals surface area (Å²) in [6.07, 6.45) is -0.407. The highest BCUT2D eigenvalue weighted by Crippen LogP contribution is 2.33. The molecule has 25 heavy (non-hydrogen) atoms. The van der Waals surface area contributed by atoms with Crippen molar-refractivity contribution in [1.29, 1.82) is 0 Å². The van der Waals surface area contributed by atoms with E-state index in [0.29, 0.717) is 12.2 Å². The van der Waals surface area contributed by atoms with E-state index in [0.717, 1.165) is 0 Å². The maximum atomic E-state index is 12.2. The summed E-state index contributed by atoms with van der Waals surface area (Å²) in [5, 5.41) is 10.7. The molecule has 2 heterocycles. The fraction of sp³-hybridized carbons (Fsp3) is 0.625. The number of aromatic amines is 1. The molecule has 1 aliphatic rings. The molecule has 0 radical (unpaired) electrons. The molecule has 1 aliphatic heterocycles. The summed E-state index contributed by atoms with van der Waals surface area (Å²) in [7, 11) is 2.86. The van der Waals surface area contributed by atoms with Crippen LogP contribution in [0.5, 0.6) is 0 Å². The van der Waals surface area contributed by atoms with Crippen molar-refractivity contribution < 1.29 is 24.1 Å². The first-order valence-electron chi connectivity index (χ1n) is 7.84. The number of aliphatic hydroxyl groups excluding tert-OH is 1. The Hall–Kier alpha value is -1.78. The normalized spacial score (nSPS) is 26.3. The summed E-state index contributed by atoms with van der Waals surface area (Å²) in [6, 6.07) is -0.773. The number of aryl methyl sites for hydroxylation is 1. The first-order chi connectivity index (χ1) is 11.9. The minimum Gasteiger partial charge on any atom is -0.388 e. The van der Waals surface area contributed by atoms with Crippen LogP contribution in [0.1, 0.15) is 11.6 Å². The second kappa shape index (κ2) is 8.54. The quantitative estimate of drug-likeness (QED) is 0.361. The molecule has 1 fully saturated rings. The van der Waals surface area contributed by atoms with E-state index < -0.39 is 41.9 Å². The van der Waals surface area contributed by atoms with Crippen LogP contribution >= 0.6 is 0 Å². The summed E-state index contributed by atoms with van der Waals surface area (Å²) < 4.78 is 22.9. The number of methoxy groups -OCH3 is 2. The van der Waals surface area contributed by atoms with Crippen LogP contribution < -0.4 is 11.2 Å². The molecule has 0 spiro atoms. The van der Waals surface area contributed by atoms with Gasteiger partial charge in [-0.25, -0.2) is 4.79 Å². The Morgan fingerprint density at radius 2 is 2.12 bits per heavy atom. The van der Waals surface area contributed by atoms with Gasteiger partial charge in [0.25, 0.3) is 5.56 Å². The zero-order valence-corrected chi connectivity index (χ0v) is 14.5. The molecule has 0 amide bonds. The Bertz CT molecular complexity index is 694. The van der Waals surface area contributed by atoms with E-state index in [4.69, 9.17) is 18.9 Å². The van der Waals surface area contributed by atoms with Crippen LogP contribution in [0.2, 0.25) is 0 Å². The van der Waals surface area contributed by atoms with Crippen LogP contribution in [-0.2, 0) is 18.9 Å². The van der Waals surface area contributed by atoms with Crippen molar-refractivity contribution >= 4 is 0 Å². The van der Waals surface area contributed by atoms with Gasteiger partial charge in [0.1, 0.15) is 18.3 Å². The van der Waals surface area contributed by atoms with Crippen molar-refractivity contribution in [1.82, 2.24) is 9.55 Å². The molecule has 1 saturated heterocycles. The van der Waals surface area contributed by atoms with E-state index in [-0.39, 0.29) is 6.61 Å². The monoisotopic (exact) mass is 356 g/mol. The van der Waals surface area contributed by atoms with Gasteiger partial charge in [0.05, 0.1) is 19.3 Å². The van der Waals surface area contributed by atoms with Gasteiger partial charge in [-0.3, -0.25) is 14.3 Å². The predicted octanol–water partition coefficient (Wildman–Crippen LogP) is -0.664. The second-order valence-electron chi connectivity index (χ2n) is 5.76. The summed E-state index contributed by atoms with van der Waals surface area (Å²) in [5.41, 5.74) is -0.766. The number of hydrogen-bond acceptors (Lipinski definition) is 7. The third kappa shape index (κ3) is 4.07. The van der Waals surface area contributed by atoms with Gasteiger partial charge in [-0.15, -0.1) is 6.58 Å². The van der Waals surface area contributed by atoms with Crippen LogP contribution in [0.15, 0.2) is 28.4 Å². The van der Waals surface area contributed by atoms with Gasteiger partial charge in [0.2, 0.25) is 0 Å². The fourth-order valence-corrected chi connectivity index (χ4v) is 2.92. The third-order valence-electron chi connectivity index (χ3n) is 4.12. The molecule has 0 unspecified atom stereocenters. The molecule has 1 aromatic rings. The highest BCUT2D eigenvalue weighted by atomic mass is 16.7. The van der Waals surface area contributed by atoms with Crippen molar-refractivity contribution in [3.05, 3.63) is 45.3 Å². The molecule has 9 nitrogen and oxygen atoms in total. The number of H-pyrrole nitrogens is 1. The van der Waals surface area contributed by atoms with Gasteiger partial charge in [0, 0.05) is 26.0 Å². The van der Waals surface area contributed by atoms with Gasteiger partial charge in [-0.1, -0.05) is 6.08 Å². The number of hydrogen-bond donors (Lipinski definition) is 2. The van der Waals surface area contributed by atoms with E-state index in [1.54, 1.807) is 13.0 Å². The molecule has 2 N–H and O–H groups in total. The van der Waals surface area contributed by atoms with Crippen LogP contribution in [0.3, 0.4) is 0 Å². The Labute approximate surface area is 144 Å². The molecule has 0 bridgehead atoms. The fourth-order valence-electron chi connectivity index (χ4n) is 2.92. The molecular weight excluding hydrogens is 332 g/mol. The number of rotatable bonds is 8. The summed E-state index contributed by atoms with van der Waals surface area (Å²) in [4.78, 5) is 26.1. The van der Waals surface area contributed by atoms with E-state index in [9.17, 15) is 14.7 Å². The minimum absolute atomic E-state index is 0.120. The van der Waals surface area contributed by atoms with Gasteiger partial charge in [0.15, 0.2) is 6.29 Å². The average molecular weight is 356 g/mol. The molecule has 0 aliphatic carbocycles. The van der Waals surface area contributed by atoms with E-state index >= 15 is 0 Å². The number of aromatic nitrogens is 2. The number of aliphatic hydroxyl groups is 1. The van der Waals surface area contributed by atoms with Gasteiger partial charge >= 0.3 is 5.69 Å². The SMILES string of the molecule is C=CCOC[C@@H]1O[C@@H](C(OC)OC)[C@H](O)[C@H]1n1cc(C)c(=O)[nH]c1=O. The largest absolute Gasteiger partial charge is 0.388 e. The van der Waals surface area contributed by atoms with Crippen LogP contribution in [0, 0.1) is 6.92 Å². The van der Waals surface area contributed by atoms with Gasteiger partial charge in [-0.2, -0.15) is 0 Å². The van der Waals surface area contributed by atoms with Crippen LogP contribution in [0.25, 0.3) is 0 Å². The lowest BCUT2D eigenvalue weighted by Gasteiger charge is -2.24. The van der Waals surface area contributed by atoms with Crippen LogP contribution in [0.4, 0.5) is 0 Å². The molecule has 0 saturated carbocycles. The molecule has 1 aromatic heterocycles. The standard InChI is InChI=1S/C16H24N2O7/c1-5-6-24-8-10-11(12(19)13(25-10)15(22-3)23-4)18-7-9(2)14(20)17-16(18)21/h5,7,10-13,15,19H,1,6,8H2,2-4H3,(H,17,20,21)/t10-,11-,12+,13+/m0/s1. The smallest absolute Gasteiger partial charge is 0.328 e. The summed E-state index contributed by atoms with van der Waals surface area (Å²) >= 11 is 0. The molecule has 2 rings (SSSR count). The summed E-state index contributed by atoms with van der Waals surface area (Å²) in [6.45, 7) is 5.56. The van der Waals surface area contributed by atoms with Gasteiger partial charge in [-0.05, 0) is 6.92 Å². The van der Waals surface area contributed by atoms with Crippen LogP contribution in [-0.4, -0.2) is 66.7 Å². The number of nitrogens with one attached hydrogen (secondary N) is 1. The predicted molar refractivity (Wildman–Crippen MR) is 88.6 cm³/mol. The van der Waals surface area contributed by atoms with Crippen molar-refractivity contribution in [2.75, 3.05) is 27.4 Å². The van der Waals surface area contributed by atoms with Crippen molar-refractivity contribution in [3.8, 4) is 0 Å². The maximum absolute atomic E-state index is 12.2. The molecule has 0 aromatic carbocycles. The first kappa shape index (κ1) is 19.5. The Kier molecular flexibility index (Phi) is 6.68. The molecule has 9 heteroatoms. The lowest BCUT2D eigenvalue weighted by molar-refractivity contribution is -0.194. The van der Waals surface area contributed by atoms with Gasteiger partial charge < -0.3 is 24.1 Å². The lowest BCUT2D eigenvalue weighted by Crippen LogP contribution is -2.43. The maximum Gasteiger partial charge on any atom is 0.328 e. The average Bonchev–Trinajstić information content (AvgIpc) is 2.89. The molecule has 140 valence electrons. The summed E-state index contributed by atoms with van der Waals surface area (Å²) in [5.74, 6) is 0. The Morgan fingerprint density at radius 1 is 1.44 bits per heavy atom. The minimum atomic E-state index is -1.11.